The maximum absolute atomic E-state index is 12.7. The Labute approximate surface area is 146 Å². The van der Waals surface area contributed by atoms with Gasteiger partial charge < -0.3 is 19.8 Å². The van der Waals surface area contributed by atoms with Crippen LogP contribution < -0.4 is 10.6 Å². The first-order chi connectivity index (χ1) is 12.1. The number of aromatic nitrogens is 2. The minimum atomic E-state index is -0.234. The molecule has 6 nitrogen and oxygen atoms in total. The number of nitrogens with zero attached hydrogens (tertiary/aromatic N) is 2. The average Bonchev–Trinajstić information content (AvgIpc) is 3.00. The largest absolute Gasteiger partial charge is 0.383 e. The van der Waals surface area contributed by atoms with Crippen molar-refractivity contribution in [3.63, 3.8) is 0 Å². The number of anilines is 2. The van der Waals surface area contributed by atoms with Gasteiger partial charge in [-0.15, -0.1) is 0 Å². The molecule has 2 heterocycles. The van der Waals surface area contributed by atoms with Crippen LogP contribution in [-0.2, 0) is 4.74 Å². The summed E-state index contributed by atoms with van der Waals surface area (Å²) in [7, 11) is 1.66. The van der Waals surface area contributed by atoms with Gasteiger partial charge in [0.25, 0.3) is 5.91 Å². The van der Waals surface area contributed by atoms with E-state index in [1.165, 1.54) is 0 Å². The Morgan fingerprint density at radius 1 is 1.28 bits per heavy atom. The molecule has 6 heteroatoms. The van der Waals surface area contributed by atoms with E-state index in [4.69, 9.17) is 4.74 Å². The normalized spacial score (nSPS) is 12.1. The minimum absolute atomic E-state index is 0.124. The van der Waals surface area contributed by atoms with Crippen LogP contribution in [0, 0.1) is 6.92 Å². The van der Waals surface area contributed by atoms with Gasteiger partial charge in [0.05, 0.1) is 23.5 Å². The molecule has 2 N–H and O–H groups in total. The lowest BCUT2D eigenvalue weighted by molar-refractivity contribution is 0.102. The van der Waals surface area contributed by atoms with Crippen molar-refractivity contribution in [2.45, 2.75) is 19.9 Å². The Balaban J connectivity index is 1.84. The molecular weight excluding hydrogens is 316 g/mol. The van der Waals surface area contributed by atoms with E-state index >= 15 is 0 Å². The van der Waals surface area contributed by atoms with Crippen LogP contribution in [0.1, 0.15) is 23.0 Å². The summed E-state index contributed by atoms with van der Waals surface area (Å²) >= 11 is 0. The van der Waals surface area contributed by atoms with E-state index in [0.29, 0.717) is 18.0 Å². The fraction of sp³-hybridized carbons (Fsp3) is 0.263. The van der Waals surface area contributed by atoms with Crippen molar-refractivity contribution < 1.29 is 9.53 Å². The standard InChI is InChI=1S/C19H22N4O2/c1-13-8-9-23-12-20-18(17(23)10-13)19(24)22-16-7-5-4-6-15(16)21-14(2)11-25-3/h4-10,12,14,21H,11H2,1-3H3,(H,22,24)/t14-/m0/s1. The van der Waals surface area contributed by atoms with Gasteiger partial charge in [0.15, 0.2) is 5.69 Å². The molecule has 0 aliphatic rings. The average molecular weight is 338 g/mol. The molecule has 1 atom stereocenters. The van der Waals surface area contributed by atoms with E-state index in [2.05, 4.69) is 15.6 Å². The molecule has 2 aromatic heterocycles. The Kier molecular flexibility index (Phi) is 5.00. The summed E-state index contributed by atoms with van der Waals surface area (Å²) < 4.78 is 6.99. The topological polar surface area (TPSA) is 67.7 Å². The van der Waals surface area contributed by atoms with Crippen molar-refractivity contribution in [2.75, 3.05) is 24.4 Å². The Morgan fingerprint density at radius 2 is 2.04 bits per heavy atom. The first kappa shape index (κ1) is 17.0. The number of rotatable bonds is 6. The van der Waals surface area contributed by atoms with Crippen LogP contribution in [0.3, 0.4) is 0 Å². The maximum Gasteiger partial charge on any atom is 0.276 e. The number of ether oxygens (including phenoxy) is 1. The van der Waals surface area contributed by atoms with Crippen molar-refractivity contribution in [3.8, 4) is 0 Å². The number of amides is 1. The number of imidazole rings is 1. The van der Waals surface area contributed by atoms with Crippen LogP contribution in [-0.4, -0.2) is 35.1 Å². The molecule has 0 unspecified atom stereocenters. The van der Waals surface area contributed by atoms with Crippen molar-refractivity contribution in [3.05, 3.63) is 60.2 Å². The van der Waals surface area contributed by atoms with Crippen molar-refractivity contribution >= 4 is 22.8 Å². The smallest absolute Gasteiger partial charge is 0.276 e. The highest BCUT2D eigenvalue weighted by Gasteiger charge is 2.15. The number of methoxy groups -OCH3 is 1. The van der Waals surface area contributed by atoms with E-state index in [1.807, 2.05) is 60.8 Å². The SMILES string of the molecule is COC[C@H](C)Nc1ccccc1NC(=O)c1ncn2ccc(C)cc12. The number of pyridine rings is 1. The van der Waals surface area contributed by atoms with Gasteiger partial charge in [-0.05, 0) is 43.7 Å². The second kappa shape index (κ2) is 7.36. The highest BCUT2D eigenvalue weighted by atomic mass is 16.5. The van der Waals surface area contributed by atoms with Gasteiger partial charge in [-0.1, -0.05) is 12.1 Å². The molecule has 130 valence electrons. The molecule has 1 aromatic carbocycles. The molecular formula is C19H22N4O2. The molecule has 0 spiro atoms. The lowest BCUT2D eigenvalue weighted by atomic mass is 10.2. The number of hydrogen-bond acceptors (Lipinski definition) is 4. The van der Waals surface area contributed by atoms with Crippen molar-refractivity contribution in [2.24, 2.45) is 0 Å². The van der Waals surface area contributed by atoms with Crippen molar-refractivity contribution in [1.29, 1.82) is 0 Å². The first-order valence-corrected chi connectivity index (χ1v) is 8.17. The lowest BCUT2D eigenvalue weighted by Crippen LogP contribution is -2.22. The highest BCUT2D eigenvalue weighted by molar-refractivity contribution is 6.08. The number of aryl methyl sites for hydroxylation is 1. The second-order valence-corrected chi connectivity index (χ2v) is 6.09. The summed E-state index contributed by atoms with van der Waals surface area (Å²) in [5, 5.41) is 6.30. The van der Waals surface area contributed by atoms with Gasteiger partial charge in [0, 0.05) is 19.3 Å². The van der Waals surface area contributed by atoms with Crippen LogP contribution in [0.5, 0.6) is 0 Å². The van der Waals surface area contributed by atoms with Crippen LogP contribution in [0.2, 0.25) is 0 Å². The summed E-state index contributed by atoms with van der Waals surface area (Å²) in [5.41, 5.74) is 3.83. The Morgan fingerprint density at radius 3 is 2.80 bits per heavy atom. The molecule has 0 bridgehead atoms. The molecule has 25 heavy (non-hydrogen) atoms. The summed E-state index contributed by atoms with van der Waals surface area (Å²) in [4.78, 5) is 17.0. The molecule has 3 rings (SSSR count). The zero-order chi connectivity index (χ0) is 17.8. The number of nitrogens with one attached hydrogen (secondary N) is 2. The minimum Gasteiger partial charge on any atom is -0.383 e. The molecule has 3 aromatic rings. The molecule has 0 saturated heterocycles. The van der Waals surface area contributed by atoms with E-state index in [9.17, 15) is 4.79 Å². The zero-order valence-electron chi connectivity index (χ0n) is 14.6. The number of carbonyl (C=O) groups is 1. The maximum atomic E-state index is 12.7. The Bertz CT molecular complexity index is 888. The van der Waals surface area contributed by atoms with Crippen LogP contribution in [0.25, 0.3) is 5.52 Å². The number of benzene rings is 1. The molecule has 0 fully saturated rings. The van der Waals surface area contributed by atoms with Gasteiger partial charge in [-0.25, -0.2) is 4.98 Å². The van der Waals surface area contributed by atoms with E-state index in [1.54, 1.807) is 13.4 Å². The number of fused-ring (bicyclic) bond motifs is 1. The van der Waals surface area contributed by atoms with Crippen LogP contribution in [0.15, 0.2) is 48.9 Å². The monoisotopic (exact) mass is 338 g/mol. The van der Waals surface area contributed by atoms with E-state index in [-0.39, 0.29) is 11.9 Å². The van der Waals surface area contributed by atoms with E-state index in [0.717, 1.165) is 16.8 Å². The Hall–Kier alpha value is -2.86. The number of para-hydroxylation sites is 2. The van der Waals surface area contributed by atoms with Gasteiger partial charge >= 0.3 is 0 Å². The quantitative estimate of drug-likeness (QED) is 0.723. The fourth-order valence-electron chi connectivity index (χ4n) is 2.73. The molecule has 0 radical (unpaired) electrons. The summed E-state index contributed by atoms with van der Waals surface area (Å²) in [6, 6.07) is 11.7. The molecule has 0 aliphatic carbocycles. The second-order valence-electron chi connectivity index (χ2n) is 6.09. The summed E-state index contributed by atoms with van der Waals surface area (Å²) in [6.07, 6.45) is 3.55. The van der Waals surface area contributed by atoms with E-state index < -0.39 is 0 Å². The third kappa shape index (κ3) is 3.80. The van der Waals surface area contributed by atoms with Gasteiger partial charge in [0.2, 0.25) is 0 Å². The summed E-state index contributed by atoms with van der Waals surface area (Å²) in [5.74, 6) is -0.234. The first-order valence-electron chi connectivity index (χ1n) is 8.17. The van der Waals surface area contributed by atoms with Crippen LogP contribution in [0.4, 0.5) is 11.4 Å². The third-order valence-corrected chi connectivity index (χ3v) is 3.90. The van der Waals surface area contributed by atoms with Gasteiger partial charge in [-0.3, -0.25) is 4.79 Å². The lowest BCUT2D eigenvalue weighted by Gasteiger charge is -2.17. The molecule has 1 amide bonds. The fourth-order valence-corrected chi connectivity index (χ4v) is 2.73. The number of hydrogen-bond donors (Lipinski definition) is 2. The summed E-state index contributed by atoms with van der Waals surface area (Å²) in [6.45, 7) is 4.59. The molecule has 0 saturated carbocycles. The highest BCUT2D eigenvalue weighted by Crippen LogP contribution is 2.23. The van der Waals surface area contributed by atoms with Crippen molar-refractivity contribution in [1.82, 2.24) is 9.38 Å². The van der Waals surface area contributed by atoms with Crippen LogP contribution >= 0.6 is 0 Å². The molecule has 0 aliphatic heterocycles. The third-order valence-electron chi connectivity index (χ3n) is 3.90. The zero-order valence-corrected chi connectivity index (χ0v) is 14.6. The predicted octanol–water partition coefficient (Wildman–Crippen LogP) is 3.34. The van der Waals surface area contributed by atoms with Gasteiger partial charge in [0.1, 0.15) is 6.33 Å². The van der Waals surface area contributed by atoms with Gasteiger partial charge in [-0.2, -0.15) is 0 Å². The number of carbonyl (C=O) groups excluding carboxylic acids is 1. The predicted molar refractivity (Wildman–Crippen MR) is 99.3 cm³/mol.